The average molecular weight is 232 g/mol. The van der Waals surface area contributed by atoms with E-state index in [0.29, 0.717) is 12.0 Å². The third-order valence-electron chi connectivity index (χ3n) is 3.79. The second-order valence-corrected chi connectivity index (χ2v) is 5.15. The molecule has 0 radical (unpaired) electrons. The van der Waals surface area contributed by atoms with Crippen molar-refractivity contribution >= 4 is 0 Å². The Bertz CT molecular complexity index is 304. The first-order valence-electron chi connectivity index (χ1n) is 6.86. The fraction of sp³-hybridized carbons (Fsp3) is 0.600. The predicted molar refractivity (Wildman–Crippen MR) is 72.9 cm³/mol. The van der Waals surface area contributed by atoms with Gasteiger partial charge < -0.3 is 11.1 Å². The van der Waals surface area contributed by atoms with E-state index in [0.717, 1.165) is 19.4 Å². The van der Waals surface area contributed by atoms with Crippen molar-refractivity contribution in [3.05, 3.63) is 35.9 Å². The normalized spacial score (nSPS) is 22.3. The Morgan fingerprint density at radius 2 is 2.12 bits per heavy atom. The maximum absolute atomic E-state index is 6.27. The summed E-state index contributed by atoms with van der Waals surface area (Å²) in [7, 11) is 0. The van der Waals surface area contributed by atoms with Crippen molar-refractivity contribution in [2.45, 2.75) is 38.1 Å². The zero-order valence-electron chi connectivity index (χ0n) is 10.6. The van der Waals surface area contributed by atoms with Crippen molar-refractivity contribution in [2.75, 3.05) is 13.1 Å². The van der Waals surface area contributed by atoms with Crippen LogP contribution in [0.5, 0.6) is 0 Å². The quantitative estimate of drug-likeness (QED) is 0.817. The summed E-state index contributed by atoms with van der Waals surface area (Å²) in [5.41, 5.74) is 7.70. The molecule has 0 aliphatic carbocycles. The van der Waals surface area contributed by atoms with E-state index in [1.54, 1.807) is 0 Å². The zero-order valence-corrected chi connectivity index (χ0v) is 10.6. The van der Waals surface area contributed by atoms with Gasteiger partial charge in [0.15, 0.2) is 0 Å². The zero-order chi connectivity index (χ0) is 11.9. The van der Waals surface area contributed by atoms with E-state index in [-0.39, 0.29) is 0 Å². The maximum atomic E-state index is 6.27. The van der Waals surface area contributed by atoms with Gasteiger partial charge in [0.25, 0.3) is 0 Å². The SMILES string of the molecule is NC(CCCc1ccccc1)C1CCCNC1. The number of hydrogen-bond acceptors (Lipinski definition) is 2. The van der Waals surface area contributed by atoms with E-state index in [2.05, 4.69) is 35.6 Å². The topological polar surface area (TPSA) is 38.0 Å². The number of nitrogens with two attached hydrogens (primary N) is 1. The van der Waals surface area contributed by atoms with E-state index in [9.17, 15) is 0 Å². The van der Waals surface area contributed by atoms with Crippen molar-refractivity contribution in [1.82, 2.24) is 5.32 Å². The van der Waals surface area contributed by atoms with Crippen LogP contribution in [0.3, 0.4) is 0 Å². The number of hydrogen-bond donors (Lipinski definition) is 2. The lowest BCUT2D eigenvalue weighted by atomic mass is 9.89. The maximum Gasteiger partial charge on any atom is 0.00794 e. The molecule has 0 aromatic heterocycles. The largest absolute Gasteiger partial charge is 0.327 e. The number of nitrogens with one attached hydrogen (secondary N) is 1. The van der Waals surface area contributed by atoms with Gasteiger partial charge in [0.2, 0.25) is 0 Å². The average Bonchev–Trinajstić information content (AvgIpc) is 2.41. The highest BCUT2D eigenvalue weighted by Gasteiger charge is 2.19. The number of benzene rings is 1. The van der Waals surface area contributed by atoms with Crippen molar-refractivity contribution in [1.29, 1.82) is 0 Å². The van der Waals surface area contributed by atoms with Crippen LogP contribution < -0.4 is 11.1 Å². The molecule has 2 nitrogen and oxygen atoms in total. The Morgan fingerprint density at radius 1 is 1.29 bits per heavy atom. The van der Waals surface area contributed by atoms with Crippen molar-refractivity contribution < 1.29 is 0 Å². The van der Waals surface area contributed by atoms with Gasteiger partial charge in [0, 0.05) is 6.04 Å². The summed E-state index contributed by atoms with van der Waals surface area (Å²) in [5.74, 6) is 0.694. The number of rotatable bonds is 5. The lowest BCUT2D eigenvalue weighted by Crippen LogP contribution is -2.41. The molecular formula is C15H24N2. The molecule has 17 heavy (non-hydrogen) atoms. The summed E-state index contributed by atoms with van der Waals surface area (Å²) in [6.07, 6.45) is 6.12. The fourth-order valence-corrected chi connectivity index (χ4v) is 2.67. The minimum Gasteiger partial charge on any atom is -0.327 e. The summed E-state index contributed by atoms with van der Waals surface area (Å²) >= 11 is 0. The molecule has 3 N–H and O–H groups in total. The van der Waals surface area contributed by atoms with Gasteiger partial charge in [-0.2, -0.15) is 0 Å². The van der Waals surface area contributed by atoms with Gasteiger partial charge in [-0.05, 0) is 56.7 Å². The predicted octanol–water partition coefficient (Wildman–Crippen LogP) is 2.34. The fourth-order valence-electron chi connectivity index (χ4n) is 2.67. The summed E-state index contributed by atoms with van der Waals surface area (Å²) in [6.45, 7) is 2.29. The summed E-state index contributed by atoms with van der Waals surface area (Å²) in [5, 5.41) is 3.44. The lowest BCUT2D eigenvalue weighted by Gasteiger charge is -2.28. The Balaban J connectivity index is 1.67. The molecule has 1 aliphatic heterocycles. The molecule has 2 atom stereocenters. The molecule has 0 spiro atoms. The first kappa shape index (κ1) is 12.6. The summed E-state index contributed by atoms with van der Waals surface area (Å²) in [4.78, 5) is 0. The third kappa shape index (κ3) is 4.14. The molecule has 1 fully saturated rings. The Labute approximate surface area is 105 Å². The van der Waals surface area contributed by atoms with Gasteiger partial charge in [0.1, 0.15) is 0 Å². The van der Waals surface area contributed by atoms with Gasteiger partial charge in [-0.25, -0.2) is 0 Å². The second-order valence-electron chi connectivity index (χ2n) is 5.15. The van der Waals surface area contributed by atoms with Gasteiger partial charge >= 0.3 is 0 Å². The standard InChI is InChI=1S/C15H24N2/c16-15(14-9-5-11-17-12-14)10-4-8-13-6-2-1-3-7-13/h1-3,6-7,14-15,17H,4-5,8-12,16H2. The van der Waals surface area contributed by atoms with Crippen LogP contribution in [-0.2, 0) is 6.42 Å². The lowest BCUT2D eigenvalue weighted by molar-refractivity contribution is 0.308. The molecule has 0 saturated carbocycles. The van der Waals surface area contributed by atoms with Crippen LogP contribution in [-0.4, -0.2) is 19.1 Å². The second kappa shape index (κ2) is 6.77. The van der Waals surface area contributed by atoms with Gasteiger partial charge in [-0.1, -0.05) is 30.3 Å². The van der Waals surface area contributed by atoms with Gasteiger partial charge in [-0.3, -0.25) is 0 Å². The highest BCUT2D eigenvalue weighted by atomic mass is 14.9. The van der Waals surface area contributed by atoms with Gasteiger partial charge in [-0.15, -0.1) is 0 Å². The van der Waals surface area contributed by atoms with Crippen molar-refractivity contribution in [3.8, 4) is 0 Å². The molecule has 2 heteroatoms. The molecule has 0 bridgehead atoms. The Kier molecular flexibility index (Phi) is 5.02. The first-order valence-corrected chi connectivity index (χ1v) is 6.86. The van der Waals surface area contributed by atoms with Crippen LogP contribution in [0.1, 0.15) is 31.2 Å². The number of piperidine rings is 1. The van der Waals surface area contributed by atoms with Crippen LogP contribution in [0.15, 0.2) is 30.3 Å². The van der Waals surface area contributed by atoms with Crippen LogP contribution >= 0.6 is 0 Å². The van der Waals surface area contributed by atoms with Crippen molar-refractivity contribution in [2.24, 2.45) is 11.7 Å². The van der Waals surface area contributed by atoms with Crippen LogP contribution in [0.2, 0.25) is 0 Å². The van der Waals surface area contributed by atoms with E-state index < -0.39 is 0 Å². The van der Waals surface area contributed by atoms with E-state index in [4.69, 9.17) is 5.73 Å². The molecule has 1 aliphatic rings. The molecule has 0 amide bonds. The minimum absolute atomic E-state index is 0.381. The van der Waals surface area contributed by atoms with Gasteiger partial charge in [0.05, 0.1) is 0 Å². The summed E-state index contributed by atoms with van der Waals surface area (Å²) < 4.78 is 0. The van der Waals surface area contributed by atoms with Crippen LogP contribution in [0, 0.1) is 5.92 Å². The van der Waals surface area contributed by atoms with E-state index in [1.807, 2.05) is 0 Å². The molecule has 2 rings (SSSR count). The molecular weight excluding hydrogens is 208 g/mol. The van der Waals surface area contributed by atoms with Crippen LogP contribution in [0.4, 0.5) is 0 Å². The molecule has 1 heterocycles. The third-order valence-corrected chi connectivity index (χ3v) is 3.79. The molecule has 1 saturated heterocycles. The Hall–Kier alpha value is -0.860. The first-order chi connectivity index (χ1) is 8.36. The van der Waals surface area contributed by atoms with Crippen molar-refractivity contribution in [3.63, 3.8) is 0 Å². The monoisotopic (exact) mass is 232 g/mol. The molecule has 1 aromatic rings. The van der Waals surface area contributed by atoms with E-state index in [1.165, 1.54) is 31.4 Å². The van der Waals surface area contributed by atoms with E-state index >= 15 is 0 Å². The highest BCUT2D eigenvalue weighted by molar-refractivity contribution is 5.14. The molecule has 94 valence electrons. The smallest absolute Gasteiger partial charge is 0.00794 e. The summed E-state index contributed by atoms with van der Waals surface area (Å²) in [6, 6.07) is 11.1. The number of aryl methyl sites for hydroxylation is 1. The highest BCUT2D eigenvalue weighted by Crippen LogP contribution is 2.17. The molecule has 1 aromatic carbocycles. The minimum atomic E-state index is 0.381. The van der Waals surface area contributed by atoms with Crippen LogP contribution in [0.25, 0.3) is 0 Å². The molecule has 2 unspecified atom stereocenters. The Morgan fingerprint density at radius 3 is 2.82 bits per heavy atom.